The molecule has 1 amide bonds. The number of rotatable bonds is 6. The monoisotopic (exact) mass is 358 g/mol. The molecule has 0 saturated carbocycles. The van der Waals surface area contributed by atoms with Crippen molar-refractivity contribution in [1.82, 2.24) is 9.80 Å². The number of hydrogen-bond donors (Lipinski definition) is 0. The van der Waals surface area contributed by atoms with Gasteiger partial charge in [0.05, 0.1) is 25.0 Å². The molecule has 6 heteroatoms. The van der Waals surface area contributed by atoms with Gasteiger partial charge in [0.1, 0.15) is 5.75 Å². The molecule has 0 unspecified atom stereocenters. The maximum Gasteiger partial charge on any atom is 0.227 e. The molecule has 0 spiro atoms. The first-order valence-corrected chi connectivity index (χ1v) is 9.23. The number of ether oxygens (including phenoxy) is 1. The van der Waals surface area contributed by atoms with E-state index in [4.69, 9.17) is 4.74 Å². The Morgan fingerprint density at radius 3 is 2.60 bits per heavy atom. The highest BCUT2D eigenvalue weighted by molar-refractivity contribution is 7.12. The maximum absolute atomic E-state index is 12.5. The number of amides is 1. The second kappa shape index (κ2) is 8.27. The molecule has 25 heavy (non-hydrogen) atoms. The third-order valence-corrected chi connectivity index (χ3v) is 5.29. The number of methoxy groups -OCH3 is 1. The second-order valence-electron chi connectivity index (χ2n) is 6.09. The molecule has 3 rings (SSSR count). The van der Waals surface area contributed by atoms with Gasteiger partial charge in [-0.3, -0.25) is 14.5 Å². The summed E-state index contributed by atoms with van der Waals surface area (Å²) in [5, 5.41) is 1.92. The van der Waals surface area contributed by atoms with Gasteiger partial charge in [-0.1, -0.05) is 18.2 Å². The highest BCUT2D eigenvalue weighted by atomic mass is 32.1. The lowest BCUT2D eigenvalue weighted by Gasteiger charge is -2.34. The standard InChI is InChI=1S/C19H22N2O3S/c1-24-16-5-2-4-15(12-16)13-19(23)21-9-7-20(8-10-21)14-17(22)18-6-3-11-25-18/h2-6,11-12H,7-10,13-14H2,1H3. The Morgan fingerprint density at radius 2 is 1.92 bits per heavy atom. The number of piperazine rings is 1. The van der Waals surface area contributed by atoms with Crippen molar-refractivity contribution in [2.24, 2.45) is 0 Å². The van der Waals surface area contributed by atoms with Gasteiger partial charge in [0.15, 0.2) is 5.78 Å². The van der Waals surface area contributed by atoms with E-state index in [1.165, 1.54) is 11.3 Å². The molecule has 5 nitrogen and oxygen atoms in total. The fourth-order valence-corrected chi connectivity index (χ4v) is 3.60. The summed E-state index contributed by atoms with van der Waals surface area (Å²) in [6.07, 6.45) is 0.380. The van der Waals surface area contributed by atoms with Crippen LogP contribution in [-0.4, -0.2) is 61.3 Å². The van der Waals surface area contributed by atoms with Crippen molar-refractivity contribution >= 4 is 23.0 Å². The molecule has 2 aromatic rings. The highest BCUT2D eigenvalue weighted by Crippen LogP contribution is 2.15. The number of carbonyl (C=O) groups is 2. The van der Waals surface area contributed by atoms with E-state index in [1.807, 2.05) is 46.7 Å². The zero-order chi connectivity index (χ0) is 17.6. The minimum Gasteiger partial charge on any atom is -0.497 e. The molecule has 0 radical (unpaired) electrons. The summed E-state index contributed by atoms with van der Waals surface area (Å²) in [5.41, 5.74) is 0.958. The molecular formula is C19H22N2O3S. The number of Topliss-reactive ketones (excluding diaryl/α,β-unsaturated/α-hetero) is 1. The van der Waals surface area contributed by atoms with Gasteiger partial charge in [-0.25, -0.2) is 0 Å². The smallest absolute Gasteiger partial charge is 0.227 e. The van der Waals surface area contributed by atoms with Crippen LogP contribution in [0, 0.1) is 0 Å². The van der Waals surface area contributed by atoms with Gasteiger partial charge < -0.3 is 9.64 Å². The molecule has 1 aliphatic heterocycles. The van der Waals surface area contributed by atoms with Crippen molar-refractivity contribution < 1.29 is 14.3 Å². The number of ketones is 1. The second-order valence-corrected chi connectivity index (χ2v) is 7.03. The average molecular weight is 358 g/mol. The van der Waals surface area contributed by atoms with E-state index in [0.29, 0.717) is 26.1 Å². The van der Waals surface area contributed by atoms with E-state index in [-0.39, 0.29) is 11.7 Å². The van der Waals surface area contributed by atoms with Gasteiger partial charge in [0, 0.05) is 26.2 Å². The Labute approximate surface area is 151 Å². The van der Waals surface area contributed by atoms with Crippen LogP contribution >= 0.6 is 11.3 Å². The van der Waals surface area contributed by atoms with Crippen molar-refractivity contribution in [3.8, 4) is 5.75 Å². The quantitative estimate of drug-likeness (QED) is 0.744. The summed E-state index contributed by atoms with van der Waals surface area (Å²) < 4.78 is 5.20. The molecule has 0 N–H and O–H groups in total. The van der Waals surface area contributed by atoms with Crippen molar-refractivity contribution in [2.75, 3.05) is 39.8 Å². The molecule has 1 aromatic heterocycles. The van der Waals surface area contributed by atoms with Gasteiger partial charge >= 0.3 is 0 Å². The van der Waals surface area contributed by atoms with Crippen LogP contribution in [0.1, 0.15) is 15.2 Å². The Bertz CT molecular complexity index is 722. The van der Waals surface area contributed by atoms with Crippen LogP contribution in [0.15, 0.2) is 41.8 Å². The Kier molecular flexibility index (Phi) is 5.83. The number of carbonyl (C=O) groups excluding carboxylic acids is 2. The number of benzene rings is 1. The van der Waals surface area contributed by atoms with Crippen LogP contribution in [-0.2, 0) is 11.2 Å². The summed E-state index contributed by atoms with van der Waals surface area (Å²) in [4.78, 5) is 29.5. The lowest BCUT2D eigenvalue weighted by molar-refractivity contribution is -0.132. The lowest BCUT2D eigenvalue weighted by Crippen LogP contribution is -2.50. The zero-order valence-corrected chi connectivity index (χ0v) is 15.1. The fourth-order valence-electron chi connectivity index (χ4n) is 2.94. The van der Waals surface area contributed by atoms with Crippen LogP contribution in [0.3, 0.4) is 0 Å². The summed E-state index contributed by atoms with van der Waals surface area (Å²) in [6, 6.07) is 11.4. The Morgan fingerprint density at radius 1 is 1.12 bits per heavy atom. The van der Waals surface area contributed by atoms with Crippen LogP contribution in [0.25, 0.3) is 0 Å². The summed E-state index contributed by atoms with van der Waals surface area (Å²) in [7, 11) is 1.62. The number of hydrogen-bond acceptors (Lipinski definition) is 5. The molecular weight excluding hydrogens is 336 g/mol. The predicted molar refractivity (Wildman–Crippen MR) is 98.4 cm³/mol. The van der Waals surface area contributed by atoms with Gasteiger partial charge in [-0.05, 0) is 29.1 Å². The third-order valence-electron chi connectivity index (χ3n) is 4.38. The van der Waals surface area contributed by atoms with Crippen LogP contribution in [0.2, 0.25) is 0 Å². The van der Waals surface area contributed by atoms with E-state index in [9.17, 15) is 9.59 Å². The summed E-state index contributed by atoms with van der Waals surface area (Å²) in [6.45, 7) is 3.24. The maximum atomic E-state index is 12.5. The van der Waals surface area contributed by atoms with Crippen LogP contribution < -0.4 is 4.74 Å². The van der Waals surface area contributed by atoms with E-state index in [1.54, 1.807) is 7.11 Å². The van der Waals surface area contributed by atoms with Crippen LogP contribution in [0.4, 0.5) is 0 Å². The van der Waals surface area contributed by atoms with Crippen molar-refractivity contribution in [1.29, 1.82) is 0 Å². The first kappa shape index (κ1) is 17.6. The molecule has 1 saturated heterocycles. The van der Waals surface area contributed by atoms with Gasteiger partial charge in [0.2, 0.25) is 5.91 Å². The third kappa shape index (κ3) is 4.67. The molecule has 1 aromatic carbocycles. The average Bonchev–Trinajstić information content (AvgIpc) is 3.17. The molecule has 0 bridgehead atoms. The van der Waals surface area contributed by atoms with Gasteiger partial charge in [-0.15, -0.1) is 11.3 Å². The largest absolute Gasteiger partial charge is 0.497 e. The lowest BCUT2D eigenvalue weighted by atomic mass is 10.1. The highest BCUT2D eigenvalue weighted by Gasteiger charge is 2.23. The normalized spacial score (nSPS) is 15.2. The van der Waals surface area contributed by atoms with Gasteiger partial charge in [0.25, 0.3) is 0 Å². The van der Waals surface area contributed by atoms with E-state index >= 15 is 0 Å². The number of nitrogens with zero attached hydrogens (tertiary/aromatic N) is 2. The minimum absolute atomic E-state index is 0.123. The number of thiophene rings is 1. The molecule has 132 valence electrons. The van der Waals surface area contributed by atoms with Gasteiger partial charge in [-0.2, -0.15) is 0 Å². The van der Waals surface area contributed by atoms with Crippen molar-refractivity contribution in [3.05, 3.63) is 52.2 Å². The topological polar surface area (TPSA) is 49.9 Å². The molecule has 0 aliphatic carbocycles. The first-order valence-electron chi connectivity index (χ1n) is 8.35. The Balaban J connectivity index is 1.48. The van der Waals surface area contributed by atoms with Crippen molar-refractivity contribution in [2.45, 2.75) is 6.42 Å². The molecule has 1 aliphatic rings. The molecule has 2 heterocycles. The fraction of sp³-hybridized carbons (Fsp3) is 0.368. The van der Waals surface area contributed by atoms with Crippen LogP contribution in [0.5, 0.6) is 5.75 Å². The molecule has 0 atom stereocenters. The van der Waals surface area contributed by atoms with E-state index < -0.39 is 0 Å². The summed E-state index contributed by atoms with van der Waals surface area (Å²) >= 11 is 1.48. The SMILES string of the molecule is COc1cccc(CC(=O)N2CCN(CC(=O)c3cccs3)CC2)c1. The predicted octanol–water partition coefficient (Wildman–Crippen LogP) is 2.33. The molecule has 1 fully saturated rings. The Hall–Kier alpha value is -2.18. The van der Waals surface area contributed by atoms with E-state index in [0.717, 1.165) is 29.3 Å². The van der Waals surface area contributed by atoms with Crippen molar-refractivity contribution in [3.63, 3.8) is 0 Å². The van der Waals surface area contributed by atoms with E-state index in [2.05, 4.69) is 4.90 Å². The summed E-state index contributed by atoms with van der Waals surface area (Å²) in [5.74, 6) is 1.05. The zero-order valence-electron chi connectivity index (χ0n) is 14.3. The minimum atomic E-state index is 0.123. The first-order chi connectivity index (χ1) is 12.2.